The second-order valence-electron chi connectivity index (χ2n) is 6.32. The molecular weight excluding hydrogens is 359 g/mol. The Labute approximate surface area is 155 Å². The summed E-state index contributed by atoms with van der Waals surface area (Å²) in [6.45, 7) is 1.68. The average Bonchev–Trinajstić information content (AvgIpc) is 3.10. The van der Waals surface area contributed by atoms with Crippen LogP contribution in [0.15, 0.2) is 48.5 Å². The van der Waals surface area contributed by atoms with E-state index in [9.17, 15) is 13.2 Å². The summed E-state index contributed by atoms with van der Waals surface area (Å²) in [5, 5.41) is 3.24. The van der Waals surface area contributed by atoms with Gasteiger partial charge in [-0.2, -0.15) is 0 Å². The van der Waals surface area contributed by atoms with Crippen LogP contribution in [-0.4, -0.2) is 26.6 Å². The number of methoxy groups -OCH3 is 1. The van der Waals surface area contributed by atoms with Crippen molar-refractivity contribution in [3.8, 4) is 11.5 Å². The number of nitrogens with one attached hydrogen (secondary N) is 3. The van der Waals surface area contributed by atoms with Gasteiger partial charge in [-0.15, -0.1) is 13.2 Å². The van der Waals surface area contributed by atoms with Crippen LogP contribution in [0.2, 0.25) is 0 Å². The zero-order chi connectivity index (χ0) is 19.3. The third-order valence-electron chi connectivity index (χ3n) is 4.49. The first-order valence-electron chi connectivity index (χ1n) is 8.63. The fourth-order valence-electron chi connectivity index (χ4n) is 3.16. The van der Waals surface area contributed by atoms with Crippen LogP contribution in [0.1, 0.15) is 17.2 Å². The van der Waals surface area contributed by atoms with Gasteiger partial charge in [-0.25, -0.2) is 5.43 Å². The molecule has 1 saturated heterocycles. The number of rotatable bonds is 7. The molecule has 27 heavy (non-hydrogen) atoms. The molecule has 2 aromatic rings. The van der Waals surface area contributed by atoms with Crippen molar-refractivity contribution in [3.63, 3.8) is 0 Å². The molecule has 2 unspecified atom stereocenters. The van der Waals surface area contributed by atoms with E-state index < -0.39 is 6.36 Å². The van der Waals surface area contributed by atoms with Crippen molar-refractivity contribution in [3.05, 3.63) is 59.7 Å². The lowest BCUT2D eigenvalue weighted by Crippen LogP contribution is -2.29. The van der Waals surface area contributed by atoms with E-state index in [0.717, 1.165) is 17.9 Å². The Morgan fingerprint density at radius 2 is 1.85 bits per heavy atom. The maximum Gasteiger partial charge on any atom is 0.573 e. The maximum absolute atomic E-state index is 12.5. The summed E-state index contributed by atoms with van der Waals surface area (Å²) in [7, 11) is 1.62. The molecule has 2 atom stereocenters. The maximum atomic E-state index is 12.5. The highest BCUT2D eigenvalue weighted by atomic mass is 19.4. The zero-order valence-corrected chi connectivity index (χ0v) is 14.8. The molecule has 0 spiro atoms. The van der Waals surface area contributed by atoms with E-state index in [0.29, 0.717) is 12.1 Å². The molecule has 0 saturated carbocycles. The van der Waals surface area contributed by atoms with Gasteiger partial charge in [0, 0.05) is 31.1 Å². The van der Waals surface area contributed by atoms with E-state index in [4.69, 9.17) is 4.74 Å². The van der Waals surface area contributed by atoms with Crippen LogP contribution in [0, 0.1) is 5.92 Å². The third kappa shape index (κ3) is 5.35. The van der Waals surface area contributed by atoms with Crippen LogP contribution < -0.4 is 25.6 Å². The van der Waals surface area contributed by atoms with Crippen molar-refractivity contribution in [1.82, 2.24) is 16.2 Å². The van der Waals surface area contributed by atoms with Crippen molar-refractivity contribution >= 4 is 0 Å². The van der Waals surface area contributed by atoms with Crippen LogP contribution in [0.4, 0.5) is 13.2 Å². The Morgan fingerprint density at radius 3 is 2.56 bits per heavy atom. The van der Waals surface area contributed by atoms with Crippen molar-refractivity contribution in [2.45, 2.75) is 18.9 Å². The molecule has 3 rings (SSSR count). The Kier molecular flexibility index (Phi) is 6.20. The van der Waals surface area contributed by atoms with E-state index in [-0.39, 0.29) is 24.3 Å². The SMILES string of the molecule is COc1ccc(C2NNCC2CNCc2ccccc2OC(F)(F)F)cc1. The lowest BCUT2D eigenvalue weighted by atomic mass is 9.95. The number of alkyl halides is 3. The average molecular weight is 381 g/mol. The lowest BCUT2D eigenvalue weighted by molar-refractivity contribution is -0.274. The summed E-state index contributed by atoms with van der Waals surface area (Å²) >= 11 is 0. The Balaban J connectivity index is 1.58. The number of hydrogen-bond donors (Lipinski definition) is 3. The number of ether oxygens (including phenoxy) is 2. The molecule has 5 nitrogen and oxygen atoms in total. The molecule has 3 N–H and O–H groups in total. The summed E-state index contributed by atoms with van der Waals surface area (Å²) in [5.41, 5.74) is 7.98. The highest BCUT2D eigenvalue weighted by Crippen LogP contribution is 2.28. The van der Waals surface area contributed by atoms with Crippen LogP contribution in [0.3, 0.4) is 0 Å². The molecule has 0 amide bonds. The van der Waals surface area contributed by atoms with Gasteiger partial charge in [0.25, 0.3) is 0 Å². The van der Waals surface area contributed by atoms with Gasteiger partial charge in [-0.1, -0.05) is 30.3 Å². The first-order valence-corrected chi connectivity index (χ1v) is 8.63. The predicted octanol–water partition coefficient (Wildman–Crippen LogP) is 3.15. The van der Waals surface area contributed by atoms with E-state index in [2.05, 4.69) is 20.9 Å². The molecule has 146 valence electrons. The summed E-state index contributed by atoms with van der Waals surface area (Å²) in [6, 6.07) is 14.1. The molecule has 1 heterocycles. The molecule has 1 fully saturated rings. The number of benzene rings is 2. The molecular formula is C19H22F3N3O2. The number of para-hydroxylation sites is 1. The minimum absolute atomic E-state index is 0.102. The number of hydrogen-bond acceptors (Lipinski definition) is 5. The standard InChI is InChI=1S/C19H22F3N3O2/c1-26-16-8-6-13(7-9-16)18-15(12-24-25-18)11-23-10-14-4-2-3-5-17(14)27-19(20,21)22/h2-9,15,18,23-25H,10-12H2,1H3. The summed E-state index contributed by atoms with van der Waals surface area (Å²) in [4.78, 5) is 0. The normalized spacial score (nSPS) is 19.9. The Bertz CT molecular complexity index is 738. The van der Waals surface area contributed by atoms with Crippen LogP contribution in [0.25, 0.3) is 0 Å². The quantitative estimate of drug-likeness (QED) is 0.688. The molecule has 8 heteroatoms. The van der Waals surface area contributed by atoms with Crippen LogP contribution >= 0.6 is 0 Å². The molecule has 0 radical (unpaired) electrons. The smallest absolute Gasteiger partial charge is 0.497 e. The minimum atomic E-state index is -4.70. The Morgan fingerprint density at radius 1 is 1.11 bits per heavy atom. The largest absolute Gasteiger partial charge is 0.573 e. The summed E-state index contributed by atoms with van der Waals surface area (Å²) in [5.74, 6) is 0.863. The van der Waals surface area contributed by atoms with Gasteiger partial charge in [0.05, 0.1) is 13.2 Å². The van der Waals surface area contributed by atoms with Crippen molar-refractivity contribution < 1.29 is 22.6 Å². The second kappa shape index (κ2) is 8.60. The molecule has 1 aliphatic heterocycles. The number of hydrazine groups is 1. The topological polar surface area (TPSA) is 54.5 Å². The van der Waals surface area contributed by atoms with Gasteiger partial charge in [0.15, 0.2) is 0 Å². The van der Waals surface area contributed by atoms with Gasteiger partial charge in [-0.3, -0.25) is 5.43 Å². The second-order valence-corrected chi connectivity index (χ2v) is 6.32. The van der Waals surface area contributed by atoms with Gasteiger partial charge in [0.1, 0.15) is 11.5 Å². The van der Waals surface area contributed by atoms with Gasteiger partial charge < -0.3 is 14.8 Å². The fourth-order valence-corrected chi connectivity index (χ4v) is 3.16. The van der Waals surface area contributed by atoms with Gasteiger partial charge >= 0.3 is 6.36 Å². The zero-order valence-electron chi connectivity index (χ0n) is 14.8. The Hall–Kier alpha value is -2.29. The van der Waals surface area contributed by atoms with Gasteiger partial charge in [-0.05, 0) is 23.8 Å². The van der Waals surface area contributed by atoms with Crippen LogP contribution in [0.5, 0.6) is 11.5 Å². The van der Waals surface area contributed by atoms with Crippen molar-refractivity contribution in [2.75, 3.05) is 20.2 Å². The first kappa shape index (κ1) is 19.5. The summed E-state index contributed by atoms with van der Waals surface area (Å²) in [6.07, 6.45) is -4.70. The number of halogens is 3. The van der Waals surface area contributed by atoms with Gasteiger partial charge in [0.2, 0.25) is 0 Å². The first-order chi connectivity index (χ1) is 13.0. The highest BCUT2D eigenvalue weighted by Gasteiger charge is 2.32. The molecule has 2 aromatic carbocycles. The third-order valence-corrected chi connectivity index (χ3v) is 4.49. The monoisotopic (exact) mass is 381 g/mol. The van der Waals surface area contributed by atoms with E-state index in [1.165, 1.54) is 12.1 Å². The van der Waals surface area contributed by atoms with E-state index in [1.54, 1.807) is 19.2 Å². The van der Waals surface area contributed by atoms with Crippen molar-refractivity contribution in [2.24, 2.45) is 5.92 Å². The van der Waals surface area contributed by atoms with E-state index >= 15 is 0 Å². The van der Waals surface area contributed by atoms with E-state index in [1.807, 2.05) is 24.3 Å². The van der Waals surface area contributed by atoms with Crippen LogP contribution in [-0.2, 0) is 6.54 Å². The molecule has 0 aliphatic carbocycles. The predicted molar refractivity (Wildman–Crippen MR) is 95.2 cm³/mol. The molecule has 0 bridgehead atoms. The molecule has 1 aliphatic rings. The highest BCUT2D eigenvalue weighted by molar-refractivity contribution is 5.33. The van der Waals surface area contributed by atoms with Crippen molar-refractivity contribution in [1.29, 1.82) is 0 Å². The fraction of sp³-hybridized carbons (Fsp3) is 0.368. The summed E-state index contributed by atoms with van der Waals surface area (Å²) < 4.78 is 46.8. The lowest BCUT2D eigenvalue weighted by Gasteiger charge is -2.20. The molecule has 0 aromatic heterocycles. The minimum Gasteiger partial charge on any atom is -0.497 e.